The van der Waals surface area contributed by atoms with E-state index < -0.39 is 16.8 Å². The normalized spacial score (nSPS) is 19.2. The molecule has 1 heterocycles. The number of fused-ring (bicyclic) bond motifs is 2. The van der Waals surface area contributed by atoms with Crippen molar-refractivity contribution in [3.8, 4) is 0 Å². The Kier molecular flexibility index (Phi) is 10.8. The van der Waals surface area contributed by atoms with Crippen molar-refractivity contribution >= 4 is 41.8 Å². The Morgan fingerprint density at radius 1 is 1.21 bits per heavy atom. The maximum atomic E-state index is 14.0. The zero-order valence-electron chi connectivity index (χ0n) is 23.1. The number of aromatic amines is 1. The van der Waals surface area contributed by atoms with Crippen LogP contribution in [0.15, 0.2) is 42.5 Å². The number of aliphatic carboxylic acids is 1. The Morgan fingerprint density at radius 2 is 1.92 bits per heavy atom. The largest absolute Gasteiger partial charge is 0.481 e. The van der Waals surface area contributed by atoms with E-state index in [0.29, 0.717) is 6.42 Å². The van der Waals surface area contributed by atoms with E-state index in [0.717, 1.165) is 66.8 Å². The fourth-order valence-electron chi connectivity index (χ4n) is 6.55. The molecule has 5 nitrogen and oxygen atoms in total. The summed E-state index contributed by atoms with van der Waals surface area (Å²) in [4.78, 5) is 23.0. The molecule has 210 valence electrons. The molecular weight excluding hydrogens is 524 g/mol. The minimum atomic E-state index is -0.914. The molecule has 0 unspecified atom stereocenters. The summed E-state index contributed by atoms with van der Waals surface area (Å²) in [6.07, 6.45) is 4.09. The minimum absolute atomic E-state index is 0. The van der Waals surface area contributed by atoms with Gasteiger partial charge in [-0.25, -0.2) is 9.37 Å². The van der Waals surface area contributed by atoms with Crippen molar-refractivity contribution in [2.75, 3.05) is 20.1 Å². The molecule has 8 heteroatoms. The predicted molar refractivity (Wildman–Crippen MR) is 157 cm³/mol. The van der Waals surface area contributed by atoms with Crippen molar-refractivity contribution in [3.63, 3.8) is 0 Å². The second-order valence-corrected chi connectivity index (χ2v) is 11.5. The lowest BCUT2D eigenvalue weighted by Gasteiger charge is -2.54. The van der Waals surface area contributed by atoms with Gasteiger partial charge in [-0.15, -0.1) is 24.8 Å². The summed E-state index contributed by atoms with van der Waals surface area (Å²) in [7, 11) is 2.12. The molecule has 1 aliphatic carbocycles. The lowest BCUT2D eigenvalue weighted by molar-refractivity contribution is -0.160. The first kappa shape index (κ1) is 32.1. The van der Waals surface area contributed by atoms with Crippen LogP contribution in [0, 0.1) is 22.6 Å². The third kappa shape index (κ3) is 6.19. The maximum absolute atomic E-state index is 14.0. The molecule has 2 atom stereocenters. The minimum Gasteiger partial charge on any atom is -0.481 e. The SMILES string of the molecule is CC(C)[C@@H]1c2ccc(F)cc2CC[C@@]1(CCN(C)CCCc1nc2ccccc2[nH]1)C(C)(C)C(=O)O.Cl.Cl. The number of halogens is 3. The van der Waals surface area contributed by atoms with Crippen molar-refractivity contribution in [1.29, 1.82) is 0 Å². The van der Waals surface area contributed by atoms with Gasteiger partial charge in [-0.3, -0.25) is 4.79 Å². The summed E-state index contributed by atoms with van der Waals surface area (Å²) in [6.45, 7) is 9.85. The average Bonchev–Trinajstić information content (AvgIpc) is 3.24. The lowest BCUT2D eigenvalue weighted by Crippen LogP contribution is -2.52. The number of hydrogen-bond acceptors (Lipinski definition) is 3. The van der Waals surface area contributed by atoms with E-state index in [-0.39, 0.29) is 42.5 Å². The standard InChI is InChI=1S/C30H40FN3O2.2ClH/c1-20(2)27-23-13-12-22(31)19-21(23)14-15-30(27,29(3,4)28(35)36)16-18-34(5)17-8-11-26-32-24-9-6-7-10-25(24)33-26;;/h6-7,9-10,12-13,19-20,27H,8,11,14-18H2,1-5H3,(H,32,33)(H,35,36);2*1H/t27-,30+;;/m1../s1. The number of H-pyrrole nitrogens is 1. The molecule has 1 aliphatic rings. The van der Waals surface area contributed by atoms with Gasteiger partial charge in [0.05, 0.1) is 16.4 Å². The third-order valence-electron chi connectivity index (χ3n) is 8.65. The van der Waals surface area contributed by atoms with Crippen LogP contribution in [-0.2, 0) is 17.6 Å². The Labute approximate surface area is 238 Å². The quantitative estimate of drug-likeness (QED) is 0.271. The van der Waals surface area contributed by atoms with E-state index in [1.165, 1.54) is 6.07 Å². The Balaban J connectivity index is 0.00000253. The Hall–Kier alpha value is -2.15. The topological polar surface area (TPSA) is 69.2 Å². The number of nitrogens with zero attached hydrogens (tertiary/aromatic N) is 2. The van der Waals surface area contributed by atoms with Gasteiger partial charge in [-0.05, 0) is 112 Å². The molecule has 38 heavy (non-hydrogen) atoms. The van der Waals surface area contributed by atoms with Gasteiger partial charge in [-0.2, -0.15) is 0 Å². The number of aryl methyl sites for hydroxylation is 2. The van der Waals surface area contributed by atoms with Crippen molar-refractivity contribution in [2.45, 2.75) is 65.7 Å². The summed E-state index contributed by atoms with van der Waals surface area (Å²) in [6, 6.07) is 13.2. The molecule has 3 aromatic rings. The molecule has 0 saturated heterocycles. The van der Waals surface area contributed by atoms with Gasteiger partial charge < -0.3 is 15.0 Å². The van der Waals surface area contributed by atoms with Gasteiger partial charge in [0.15, 0.2) is 0 Å². The van der Waals surface area contributed by atoms with E-state index >= 15 is 0 Å². The molecule has 0 amide bonds. The Morgan fingerprint density at radius 3 is 2.58 bits per heavy atom. The molecule has 0 fully saturated rings. The van der Waals surface area contributed by atoms with Crippen LogP contribution in [0.25, 0.3) is 11.0 Å². The number of carboxylic acids is 1. The molecule has 0 radical (unpaired) electrons. The van der Waals surface area contributed by atoms with E-state index in [9.17, 15) is 14.3 Å². The summed E-state index contributed by atoms with van der Waals surface area (Å²) in [5, 5.41) is 10.4. The highest BCUT2D eigenvalue weighted by Gasteiger charge is 2.56. The molecule has 0 aliphatic heterocycles. The number of hydrogen-bond donors (Lipinski definition) is 2. The molecular formula is C30H42Cl2FN3O2. The summed E-state index contributed by atoms with van der Waals surface area (Å²) < 4.78 is 14.0. The van der Waals surface area contributed by atoms with Crippen LogP contribution in [0.1, 0.15) is 69.8 Å². The first-order chi connectivity index (χ1) is 17.0. The highest BCUT2D eigenvalue weighted by molar-refractivity contribution is 5.85. The van der Waals surface area contributed by atoms with E-state index in [4.69, 9.17) is 0 Å². The second kappa shape index (κ2) is 12.8. The zero-order valence-corrected chi connectivity index (χ0v) is 24.7. The van der Waals surface area contributed by atoms with E-state index in [1.54, 1.807) is 6.07 Å². The van der Waals surface area contributed by atoms with Crippen LogP contribution in [0.2, 0.25) is 0 Å². The van der Waals surface area contributed by atoms with E-state index in [1.807, 2.05) is 44.2 Å². The van der Waals surface area contributed by atoms with Crippen LogP contribution >= 0.6 is 24.8 Å². The van der Waals surface area contributed by atoms with Crippen molar-refractivity contribution in [2.24, 2.45) is 16.7 Å². The van der Waals surface area contributed by atoms with Crippen LogP contribution in [0.4, 0.5) is 4.39 Å². The molecule has 0 bridgehead atoms. The molecule has 1 aromatic heterocycles. The molecule has 0 spiro atoms. The van der Waals surface area contributed by atoms with Crippen molar-refractivity contribution < 1.29 is 14.3 Å². The first-order valence-electron chi connectivity index (χ1n) is 13.2. The molecule has 4 rings (SSSR count). The summed E-state index contributed by atoms with van der Waals surface area (Å²) >= 11 is 0. The predicted octanol–water partition coefficient (Wildman–Crippen LogP) is 7.28. The maximum Gasteiger partial charge on any atom is 0.309 e. The van der Waals surface area contributed by atoms with E-state index in [2.05, 4.69) is 35.8 Å². The lowest BCUT2D eigenvalue weighted by atomic mass is 9.49. The first-order valence-corrected chi connectivity index (χ1v) is 13.2. The fourth-order valence-corrected chi connectivity index (χ4v) is 6.55. The van der Waals surface area contributed by atoms with Gasteiger partial charge in [0.25, 0.3) is 0 Å². The van der Waals surface area contributed by atoms with Gasteiger partial charge in [0.2, 0.25) is 0 Å². The Bertz CT molecular complexity index is 1200. The van der Waals surface area contributed by atoms with Gasteiger partial charge in [0.1, 0.15) is 11.6 Å². The number of nitrogens with one attached hydrogen (secondary N) is 1. The number of carbonyl (C=O) groups is 1. The number of aromatic nitrogens is 2. The van der Waals surface area contributed by atoms with Crippen LogP contribution < -0.4 is 0 Å². The molecule has 2 aromatic carbocycles. The van der Waals surface area contributed by atoms with Crippen molar-refractivity contribution in [3.05, 3.63) is 65.2 Å². The highest BCUT2D eigenvalue weighted by atomic mass is 35.5. The second-order valence-electron chi connectivity index (χ2n) is 11.5. The average molecular weight is 567 g/mol. The van der Waals surface area contributed by atoms with Gasteiger partial charge in [0, 0.05) is 6.42 Å². The number of carboxylic acid groups (broad SMARTS) is 1. The monoisotopic (exact) mass is 565 g/mol. The molecule has 0 saturated carbocycles. The van der Waals surface area contributed by atoms with Gasteiger partial charge >= 0.3 is 5.97 Å². The van der Waals surface area contributed by atoms with Crippen LogP contribution in [0.3, 0.4) is 0 Å². The smallest absolute Gasteiger partial charge is 0.309 e. The highest BCUT2D eigenvalue weighted by Crippen LogP contribution is 2.60. The molecule has 2 N–H and O–H groups in total. The zero-order chi connectivity index (χ0) is 26.1. The summed E-state index contributed by atoms with van der Waals surface area (Å²) in [5.41, 5.74) is 2.88. The van der Waals surface area contributed by atoms with Crippen molar-refractivity contribution in [1.82, 2.24) is 14.9 Å². The third-order valence-corrected chi connectivity index (χ3v) is 8.65. The van der Waals surface area contributed by atoms with Crippen LogP contribution in [-0.4, -0.2) is 46.1 Å². The summed E-state index contributed by atoms with van der Waals surface area (Å²) in [5.74, 6) is 0.323. The number of benzene rings is 2. The fraction of sp³-hybridized carbons (Fsp3) is 0.533. The number of imidazole rings is 1. The van der Waals surface area contributed by atoms with Gasteiger partial charge in [-0.1, -0.05) is 32.0 Å². The number of para-hydroxylation sites is 2. The van der Waals surface area contributed by atoms with Crippen LogP contribution in [0.5, 0.6) is 0 Å². The number of rotatable bonds is 10.